The molecular weight excluding hydrogens is 643 g/mol. The quantitative estimate of drug-likeness (QED) is 0.254. The molecule has 0 aliphatic heterocycles. The van der Waals surface area contributed by atoms with Gasteiger partial charge in [0.25, 0.3) is 0 Å². The molecule has 0 heterocycles. The van der Waals surface area contributed by atoms with Gasteiger partial charge in [-0.1, -0.05) is 24.3 Å². The van der Waals surface area contributed by atoms with E-state index in [0.29, 0.717) is 30.6 Å². The normalized spacial score (nSPS) is 37.5. The number of allylic oxidation sites excluding steroid dienone is 8. The Morgan fingerprint density at radius 2 is 0.886 bits per heavy atom. The first-order valence-electron chi connectivity index (χ1n) is 11.1. The number of thioether (sulfide) groups is 2. The number of carbonyl (C=O) groups is 4. The summed E-state index contributed by atoms with van der Waals surface area (Å²) in [6, 6.07) is 0. The van der Waals surface area contributed by atoms with E-state index in [2.05, 4.69) is 68.8 Å². The zero-order chi connectivity index (χ0) is 24.9. The van der Waals surface area contributed by atoms with Crippen molar-refractivity contribution in [1.82, 2.24) is 0 Å². The first-order chi connectivity index (χ1) is 16.3. The Balaban J connectivity index is 0.000000179. The van der Waals surface area contributed by atoms with E-state index in [9.17, 15) is 19.2 Å². The van der Waals surface area contributed by atoms with E-state index in [0.717, 1.165) is 12.8 Å². The fourth-order valence-electron chi connectivity index (χ4n) is 6.50. The smallest absolute Gasteiger partial charge is 0.796 e. The van der Waals surface area contributed by atoms with Crippen molar-refractivity contribution in [2.75, 3.05) is 18.8 Å². The summed E-state index contributed by atoms with van der Waals surface area (Å²) < 4.78 is 0.851. The molecule has 0 aromatic rings. The molecule has 4 bridgehead atoms. The number of hydrogen-bond acceptors (Lipinski definition) is 7. The van der Waals surface area contributed by atoms with Gasteiger partial charge in [0.15, 0.2) is 23.1 Å². The largest absolute Gasteiger partial charge is 1.00 e. The van der Waals surface area contributed by atoms with E-state index < -0.39 is 0 Å². The minimum atomic E-state index is -0.108. The Kier molecular flexibility index (Phi) is 10.5. The minimum absolute atomic E-state index is 0. The Hall–Kier alpha value is 0.650. The monoisotopic (exact) mass is 666 g/mol. The van der Waals surface area contributed by atoms with Crippen LogP contribution in [0.15, 0.2) is 43.1 Å². The molecule has 0 aromatic carbocycles. The van der Waals surface area contributed by atoms with Crippen molar-refractivity contribution >= 4 is 91.1 Å². The molecular formula is C25H25Br2NaO4S3. The summed E-state index contributed by atoms with van der Waals surface area (Å²) in [5.41, 5.74) is 0. The van der Waals surface area contributed by atoms with Gasteiger partial charge in [0.1, 0.15) is 0 Å². The van der Waals surface area contributed by atoms with E-state index in [1.165, 1.54) is 23.5 Å². The summed E-state index contributed by atoms with van der Waals surface area (Å²) in [5, 5.41) is 0. The molecule has 35 heavy (non-hydrogen) atoms. The number of halogens is 2. The fourth-order valence-corrected chi connectivity index (χ4v) is 9.16. The molecule has 0 saturated heterocycles. The second-order valence-electron chi connectivity index (χ2n) is 9.15. The molecule has 2 fully saturated rings. The average Bonchev–Trinajstić information content (AvgIpc) is 3.65. The van der Waals surface area contributed by atoms with E-state index in [4.69, 9.17) is 0 Å². The van der Waals surface area contributed by atoms with E-state index in [-0.39, 0.29) is 88.2 Å². The maximum absolute atomic E-state index is 12.5. The molecule has 4 nitrogen and oxygen atoms in total. The number of hydrogen-bond donors (Lipinski definition) is 0. The van der Waals surface area contributed by atoms with E-state index in [1.54, 1.807) is 6.26 Å². The number of fused-ring (bicyclic) bond motifs is 10. The molecule has 8 atom stereocenters. The van der Waals surface area contributed by atoms with Crippen LogP contribution in [0.4, 0.5) is 0 Å². The summed E-state index contributed by atoms with van der Waals surface area (Å²) in [6.07, 6.45) is 15.8. The maximum Gasteiger partial charge on any atom is 1.00 e. The molecule has 0 N–H and O–H groups in total. The van der Waals surface area contributed by atoms with E-state index in [1.807, 2.05) is 12.5 Å². The van der Waals surface area contributed by atoms with Gasteiger partial charge in [-0.3, -0.25) is 19.2 Å². The van der Waals surface area contributed by atoms with Crippen molar-refractivity contribution in [1.29, 1.82) is 0 Å². The number of Topliss-reactive ketones (excluding diaryl/α,β-unsaturated/α-hetero) is 4. The van der Waals surface area contributed by atoms with Crippen molar-refractivity contribution in [3.8, 4) is 0 Å². The van der Waals surface area contributed by atoms with E-state index >= 15 is 0 Å². The topological polar surface area (TPSA) is 68.3 Å². The van der Waals surface area contributed by atoms with Crippen LogP contribution in [0.3, 0.4) is 0 Å². The summed E-state index contributed by atoms with van der Waals surface area (Å²) in [6.45, 7) is 0. The van der Waals surface area contributed by atoms with Crippen LogP contribution in [0.5, 0.6) is 0 Å². The number of ketones is 4. The van der Waals surface area contributed by atoms with Crippen LogP contribution in [0.1, 0.15) is 12.8 Å². The first kappa shape index (κ1) is 30.2. The molecule has 10 heteroatoms. The van der Waals surface area contributed by atoms with Crippen molar-refractivity contribution in [3.05, 3.63) is 43.1 Å². The van der Waals surface area contributed by atoms with Gasteiger partial charge in [-0.2, -0.15) is 6.26 Å². The van der Waals surface area contributed by atoms with Gasteiger partial charge in [-0.15, -0.1) is 23.5 Å². The van der Waals surface area contributed by atoms with Crippen LogP contribution in [0, 0.1) is 47.3 Å². The third-order valence-corrected chi connectivity index (χ3v) is 11.7. The minimum Gasteiger partial charge on any atom is -0.796 e. The summed E-state index contributed by atoms with van der Waals surface area (Å²) in [7, 11) is 0. The predicted molar refractivity (Wildman–Crippen MR) is 148 cm³/mol. The Bertz CT molecular complexity index is 1000. The van der Waals surface area contributed by atoms with Gasteiger partial charge >= 0.3 is 29.6 Å². The van der Waals surface area contributed by atoms with Gasteiger partial charge in [-0.05, 0) is 80.9 Å². The molecule has 182 valence electrons. The zero-order valence-electron chi connectivity index (χ0n) is 20.0. The van der Waals surface area contributed by atoms with Crippen LogP contribution in [0.25, 0.3) is 0 Å². The fraction of sp³-hybridized carbons (Fsp3) is 0.520. The number of rotatable bonds is 2. The molecule has 6 rings (SSSR count). The number of carbonyl (C=O) groups excluding carboxylic acids is 4. The summed E-state index contributed by atoms with van der Waals surface area (Å²) >= 11 is 13.4. The molecule has 8 unspecified atom stereocenters. The van der Waals surface area contributed by atoms with Gasteiger partial charge in [0.05, 0.1) is 18.8 Å². The second-order valence-corrected chi connectivity index (χ2v) is 12.4. The molecule has 6 aliphatic carbocycles. The van der Waals surface area contributed by atoms with Gasteiger partial charge in [-0.25, -0.2) is 0 Å². The van der Waals surface area contributed by atoms with Crippen LogP contribution >= 0.6 is 55.4 Å². The maximum atomic E-state index is 12.5. The molecule has 2 saturated carbocycles. The standard InChI is InChI=1S/C13H14O2S2.C11H8Br2O2.CH4S.Na/c1-16-12-10(14)8-6-3-4-7(5-6)9(8)11(15)13(12)17-2;12-8-9(13)11(15)7-5-2-1-4(3-5)6(7)10(8)14;1-2;/h3-4,6-9H,5H2,1-2H3;1-2,4-7H,3H2;2H,1H3;/q;;;+1/p-1. The Morgan fingerprint density at radius 1 is 0.629 bits per heavy atom. The SMILES string of the molecule is CSC1=C(SC)C(=O)C2C3C=CC(C3)C2C1=O.C[S-].O=C1C(Br)=C(Br)C(=O)C2C3C=CC(C3)C12.[Na+]. The van der Waals surface area contributed by atoms with Crippen LogP contribution in [0.2, 0.25) is 0 Å². The summed E-state index contributed by atoms with van der Waals surface area (Å²) in [5.74, 6) is 1.45. The van der Waals surface area contributed by atoms with Crippen LogP contribution in [-0.2, 0) is 31.8 Å². The van der Waals surface area contributed by atoms with Crippen LogP contribution < -0.4 is 29.6 Å². The molecule has 0 spiro atoms. The molecule has 0 amide bonds. The first-order valence-corrected chi connectivity index (χ1v) is 16.0. The van der Waals surface area contributed by atoms with Crippen molar-refractivity contribution < 1.29 is 48.7 Å². The molecule has 0 radical (unpaired) electrons. The van der Waals surface area contributed by atoms with Gasteiger partial charge < -0.3 is 12.6 Å². The van der Waals surface area contributed by atoms with Gasteiger partial charge in [0, 0.05) is 23.7 Å². The van der Waals surface area contributed by atoms with Crippen molar-refractivity contribution in [2.45, 2.75) is 12.8 Å². The van der Waals surface area contributed by atoms with Crippen LogP contribution in [-0.4, -0.2) is 41.9 Å². The third-order valence-electron chi connectivity index (χ3n) is 7.82. The summed E-state index contributed by atoms with van der Waals surface area (Å²) in [4.78, 5) is 50.4. The Labute approximate surface area is 259 Å². The van der Waals surface area contributed by atoms with Crippen molar-refractivity contribution in [3.63, 3.8) is 0 Å². The third kappa shape index (κ3) is 4.92. The average molecular weight is 668 g/mol. The van der Waals surface area contributed by atoms with Crippen molar-refractivity contribution in [2.24, 2.45) is 47.3 Å². The Morgan fingerprint density at radius 3 is 1.14 bits per heavy atom. The molecule has 6 aliphatic rings. The van der Waals surface area contributed by atoms with Gasteiger partial charge in [0.2, 0.25) is 0 Å². The zero-order valence-corrected chi connectivity index (χ0v) is 27.6. The predicted octanol–water partition coefficient (Wildman–Crippen LogP) is 2.26. The second kappa shape index (κ2) is 12.2. The molecule has 0 aromatic heterocycles.